The predicted molar refractivity (Wildman–Crippen MR) is 97.4 cm³/mol. The first-order valence-corrected chi connectivity index (χ1v) is 8.59. The van der Waals surface area contributed by atoms with E-state index >= 15 is 0 Å². The van der Waals surface area contributed by atoms with Crippen molar-refractivity contribution in [2.24, 2.45) is 0 Å². The highest BCUT2D eigenvalue weighted by molar-refractivity contribution is 5.52. The van der Waals surface area contributed by atoms with Gasteiger partial charge in [0, 0.05) is 25.2 Å². The summed E-state index contributed by atoms with van der Waals surface area (Å²) >= 11 is 0. The second-order valence-corrected chi connectivity index (χ2v) is 6.83. The number of aromatic nitrogens is 2. The molecule has 0 unspecified atom stereocenters. The number of aliphatic hydroxyl groups is 1. The Morgan fingerprint density at radius 1 is 1.12 bits per heavy atom. The van der Waals surface area contributed by atoms with E-state index in [4.69, 9.17) is 0 Å². The molecule has 0 spiro atoms. The highest BCUT2D eigenvalue weighted by Crippen LogP contribution is 2.27. The van der Waals surface area contributed by atoms with Crippen molar-refractivity contribution in [3.63, 3.8) is 0 Å². The van der Waals surface area contributed by atoms with Crippen molar-refractivity contribution >= 4 is 11.6 Å². The molecule has 2 aromatic rings. The van der Waals surface area contributed by atoms with Gasteiger partial charge < -0.3 is 15.3 Å². The van der Waals surface area contributed by atoms with E-state index in [0.717, 1.165) is 42.5 Å². The Bertz CT molecular complexity index is 727. The number of aryl methyl sites for hydroxylation is 1. The van der Waals surface area contributed by atoms with Gasteiger partial charge in [0.05, 0.1) is 6.10 Å². The van der Waals surface area contributed by atoms with Crippen LogP contribution in [0.3, 0.4) is 0 Å². The molecule has 0 bridgehead atoms. The van der Waals surface area contributed by atoms with Crippen LogP contribution in [0.4, 0.5) is 11.6 Å². The lowest BCUT2D eigenvalue weighted by atomic mass is 9.96. The minimum absolute atomic E-state index is 0.341. The summed E-state index contributed by atoms with van der Waals surface area (Å²) in [5.74, 6) is 2.63. The van der Waals surface area contributed by atoms with Gasteiger partial charge in [0.25, 0.3) is 0 Å². The highest BCUT2D eigenvalue weighted by Gasteiger charge is 2.19. The third-order valence-corrected chi connectivity index (χ3v) is 4.31. The lowest BCUT2D eigenvalue weighted by Crippen LogP contribution is -2.31. The zero-order valence-electron chi connectivity index (χ0n) is 14.9. The molecule has 0 amide bonds. The molecule has 0 fully saturated rings. The second-order valence-electron chi connectivity index (χ2n) is 6.83. The summed E-state index contributed by atoms with van der Waals surface area (Å²) in [6, 6.07) is 8.65. The van der Waals surface area contributed by atoms with Crippen LogP contribution in [0.2, 0.25) is 0 Å². The van der Waals surface area contributed by atoms with Crippen LogP contribution in [-0.2, 0) is 13.0 Å². The molecule has 24 heavy (non-hydrogen) atoms. The van der Waals surface area contributed by atoms with E-state index in [2.05, 4.69) is 46.2 Å². The molecule has 1 aliphatic heterocycles. The molecule has 128 valence electrons. The quantitative estimate of drug-likeness (QED) is 0.903. The molecule has 1 atom stereocenters. The SMILES string of the molecule is Cc1nc(NC(C)C)cc(N2CCc3cc([C@H](C)O)ccc3C2)n1. The lowest BCUT2D eigenvalue weighted by molar-refractivity contribution is 0.199. The van der Waals surface area contributed by atoms with Gasteiger partial charge in [0.2, 0.25) is 0 Å². The largest absolute Gasteiger partial charge is 0.389 e. The zero-order chi connectivity index (χ0) is 17.3. The number of benzene rings is 1. The number of hydrogen-bond acceptors (Lipinski definition) is 5. The van der Waals surface area contributed by atoms with Gasteiger partial charge in [0.1, 0.15) is 17.5 Å². The maximum absolute atomic E-state index is 9.75. The number of nitrogens with one attached hydrogen (secondary N) is 1. The molecule has 2 heterocycles. The van der Waals surface area contributed by atoms with Crippen LogP contribution < -0.4 is 10.2 Å². The van der Waals surface area contributed by atoms with E-state index in [1.807, 2.05) is 26.0 Å². The van der Waals surface area contributed by atoms with Crippen molar-refractivity contribution in [3.05, 3.63) is 46.8 Å². The number of rotatable bonds is 4. The average molecular weight is 326 g/mol. The minimum Gasteiger partial charge on any atom is -0.389 e. The summed E-state index contributed by atoms with van der Waals surface area (Å²) in [6.07, 6.45) is 0.550. The Kier molecular flexibility index (Phi) is 4.71. The van der Waals surface area contributed by atoms with Crippen molar-refractivity contribution in [2.45, 2.75) is 52.8 Å². The number of aliphatic hydroxyl groups excluding tert-OH is 1. The van der Waals surface area contributed by atoms with E-state index < -0.39 is 6.10 Å². The summed E-state index contributed by atoms with van der Waals surface area (Å²) in [5, 5.41) is 13.1. The first-order valence-electron chi connectivity index (χ1n) is 8.59. The van der Waals surface area contributed by atoms with Gasteiger partial charge in [-0.1, -0.05) is 18.2 Å². The highest BCUT2D eigenvalue weighted by atomic mass is 16.3. The van der Waals surface area contributed by atoms with E-state index in [-0.39, 0.29) is 0 Å². The summed E-state index contributed by atoms with van der Waals surface area (Å²) in [4.78, 5) is 11.4. The molecule has 0 saturated heterocycles. The zero-order valence-corrected chi connectivity index (χ0v) is 14.9. The molecule has 0 aliphatic carbocycles. The Morgan fingerprint density at radius 3 is 2.62 bits per heavy atom. The Hall–Kier alpha value is -2.14. The van der Waals surface area contributed by atoms with Crippen LogP contribution in [0.5, 0.6) is 0 Å². The fourth-order valence-corrected chi connectivity index (χ4v) is 3.11. The number of nitrogens with zero attached hydrogens (tertiary/aromatic N) is 3. The van der Waals surface area contributed by atoms with E-state index in [1.54, 1.807) is 0 Å². The van der Waals surface area contributed by atoms with Crippen LogP contribution in [0.25, 0.3) is 0 Å². The standard InChI is InChI=1S/C19H26N4O/c1-12(2)20-18-10-19(22-14(4)21-18)23-8-7-16-9-15(13(3)24)5-6-17(16)11-23/h5-6,9-10,12-13,24H,7-8,11H2,1-4H3,(H,20,21,22)/t13-/m0/s1. The molecule has 1 aromatic carbocycles. The number of fused-ring (bicyclic) bond motifs is 1. The van der Waals surface area contributed by atoms with Gasteiger partial charge in [-0.3, -0.25) is 0 Å². The van der Waals surface area contributed by atoms with Crippen molar-refractivity contribution in [3.8, 4) is 0 Å². The number of anilines is 2. The lowest BCUT2D eigenvalue weighted by Gasteiger charge is -2.30. The van der Waals surface area contributed by atoms with Crippen molar-refractivity contribution in [1.29, 1.82) is 0 Å². The molecule has 2 N–H and O–H groups in total. The van der Waals surface area contributed by atoms with Crippen molar-refractivity contribution in [2.75, 3.05) is 16.8 Å². The molecule has 3 rings (SSSR count). The van der Waals surface area contributed by atoms with Gasteiger partial charge in [-0.05, 0) is 50.8 Å². The summed E-state index contributed by atoms with van der Waals surface area (Å²) in [5.41, 5.74) is 3.62. The van der Waals surface area contributed by atoms with E-state index in [9.17, 15) is 5.11 Å². The van der Waals surface area contributed by atoms with Gasteiger partial charge >= 0.3 is 0 Å². The predicted octanol–water partition coefficient (Wildman–Crippen LogP) is 3.22. The smallest absolute Gasteiger partial charge is 0.134 e. The van der Waals surface area contributed by atoms with Crippen molar-refractivity contribution < 1.29 is 5.11 Å². The third kappa shape index (κ3) is 3.67. The molecule has 1 aromatic heterocycles. The Labute approximate surface area is 143 Å². The average Bonchev–Trinajstić information content (AvgIpc) is 2.52. The Balaban J connectivity index is 1.84. The Morgan fingerprint density at radius 2 is 1.92 bits per heavy atom. The third-order valence-electron chi connectivity index (χ3n) is 4.31. The van der Waals surface area contributed by atoms with Crippen LogP contribution >= 0.6 is 0 Å². The molecule has 0 radical (unpaired) electrons. The first kappa shape index (κ1) is 16.7. The monoisotopic (exact) mass is 326 g/mol. The van der Waals surface area contributed by atoms with Crippen LogP contribution in [0, 0.1) is 6.92 Å². The van der Waals surface area contributed by atoms with Crippen LogP contribution in [-0.4, -0.2) is 27.7 Å². The fourth-order valence-electron chi connectivity index (χ4n) is 3.11. The van der Waals surface area contributed by atoms with Gasteiger partial charge in [-0.15, -0.1) is 0 Å². The first-order chi connectivity index (χ1) is 11.4. The summed E-state index contributed by atoms with van der Waals surface area (Å²) < 4.78 is 0. The van der Waals surface area contributed by atoms with E-state index in [0.29, 0.717) is 6.04 Å². The summed E-state index contributed by atoms with van der Waals surface area (Å²) in [6.45, 7) is 9.72. The van der Waals surface area contributed by atoms with Gasteiger partial charge in [-0.25, -0.2) is 9.97 Å². The maximum Gasteiger partial charge on any atom is 0.134 e. The number of hydrogen-bond donors (Lipinski definition) is 2. The molecular weight excluding hydrogens is 300 g/mol. The minimum atomic E-state index is -0.414. The molecule has 0 saturated carbocycles. The molecule has 5 heteroatoms. The van der Waals surface area contributed by atoms with Crippen LogP contribution in [0.15, 0.2) is 24.3 Å². The summed E-state index contributed by atoms with van der Waals surface area (Å²) in [7, 11) is 0. The molecule has 1 aliphatic rings. The second kappa shape index (κ2) is 6.77. The van der Waals surface area contributed by atoms with Gasteiger partial charge in [-0.2, -0.15) is 0 Å². The maximum atomic E-state index is 9.75. The van der Waals surface area contributed by atoms with E-state index in [1.165, 1.54) is 11.1 Å². The fraction of sp³-hybridized carbons (Fsp3) is 0.474. The van der Waals surface area contributed by atoms with Crippen LogP contribution in [0.1, 0.15) is 49.4 Å². The molecular formula is C19H26N4O. The topological polar surface area (TPSA) is 61.3 Å². The molecule has 5 nitrogen and oxygen atoms in total. The van der Waals surface area contributed by atoms with Gasteiger partial charge in [0.15, 0.2) is 0 Å². The van der Waals surface area contributed by atoms with Crippen molar-refractivity contribution in [1.82, 2.24) is 9.97 Å². The normalized spacial score (nSPS) is 15.3.